The zero-order valence-corrected chi connectivity index (χ0v) is 33.5. The van der Waals surface area contributed by atoms with Crippen molar-refractivity contribution < 1.29 is 21.9 Å². The molecular weight excluding hydrogens is 850 g/mol. The van der Waals surface area contributed by atoms with Crippen molar-refractivity contribution in [2.24, 2.45) is 0 Å². The minimum Gasteiger partial charge on any atom is -0.340 e. The average molecular weight is 877 g/mol. The Bertz CT molecular complexity index is 3050. The third-order valence-electron chi connectivity index (χ3n) is 8.81. The van der Waals surface area contributed by atoms with E-state index in [-0.39, 0.29) is 20.9 Å². The molecule has 58 heavy (non-hydrogen) atoms. The third-order valence-corrected chi connectivity index (χ3v) is 10.6. The second-order valence-corrected chi connectivity index (χ2v) is 16.2. The molecule has 0 fully saturated rings. The summed E-state index contributed by atoms with van der Waals surface area (Å²) in [6, 6.07) is 26.8. The van der Waals surface area contributed by atoms with Crippen LogP contribution in [0.25, 0.3) is 44.1 Å². The number of aromatic nitrogens is 5. The lowest BCUT2D eigenvalue weighted by Crippen LogP contribution is -2.45. The van der Waals surface area contributed by atoms with Gasteiger partial charge in [-0.15, -0.1) is 9.66 Å². The van der Waals surface area contributed by atoms with Crippen LogP contribution in [0.1, 0.15) is 0 Å². The summed E-state index contributed by atoms with van der Waals surface area (Å²) in [6.45, 7) is 0. The van der Waals surface area contributed by atoms with Gasteiger partial charge in [0.05, 0.1) is 49.3 Å². The van der Waals surface area contributed by atoms with Gasteiger partial charge in [0, 0.05) is 22.8 Å². The van der Waals surface area contributed by atoms with Gasteiger partial charge in [-0.1, -0.05) is 64.6 Å². The highest BCUT2D eigenvalue weighted by molar-refractivity contribution is 7.92. The molecule has 0 spiro atoms. The zero-order valence-electron chi connectivity index (χ0n) is 29.7. The highest BCUT2D eigenvalue weighted by atomic mass is 35.5. The van der Waals surface area contributed by atoms with Crippen LogP contribution in [-0.2, 0) is 10.0 Å². The summed E-state index contributed by atoms with van der Waals surface area (Å²) in [5.41, 5.74) is 9.07. The molecule has 5 aromatic carbocycles. The highest BCUT2D eigenvalue weighted by Crippen LogP contribution is 2.35. The number of pyridine rings is 1. The van der Waals surface area contributed by atoms with Gasteiger partial charge in [0.1, 0.15) is 23.8 Å². The Hall–Kier alpha value is -5.90. The molecule has 11 nitrogen and oxygen atoms in total. The molecule has 0 saturated heterocycles. The topological polar surface area (TPSA) is 138 Å². The lowest BCUT2D eigenvalue weighted by atomic mass is 10.0. The van der Waals surface area contributed by atoms with Crippen LogP contribution in [0.3, 0.4) is 0 Å². The van der Waals surface area contributed by atoms with Crippen molar-refractivity contribution in [3.05, 3.63) is 148 Å². The predicted octanol–water partition coefficient (Wildman–Crippen LogP) is 10.8. The van der Waals surface area contributed by atoms with E-state index in [9.17, 15) is 17.2 Å². The van der Waals surface area contributed by atoms with Crippen molar-refractivity contribution in [3.8, 4) is 22.3 Å². The second-order valence-electron chi connectivity index (χ2n) is 12.9. The van der Waals surface area contributed by atoms with Crippen molar-refractivity contribution in [1.82, 2.24) is 19.9 Å². The number of hydrogen-bond donors (Lipinski definition) is 4. The molecule has 290 valence electrons. The summed E-state index contributed by atoms with van der Waals surface area (Å²) in [4.78, 5) is 17.7. The van der Waals surface area contributed by atoms with Crippen LogP contribution in [0.4, 0.5) is 43.2 Å². The smallest absolute Gasteiger partial charge is 0.259 e. The predicted molar refractivity (Wildman–Crippen MR) is 227 cm³/mol. The first-order valence-electron chi connectivity index (χ1n) is 17.0. The molecule has 0 amide bonds. The van der Waals surface area contributed by atoms with Crippen LogP contribution in [0.2, 0.25) is 20.2 Å². The summed E-state index contributed by atoms with van der Waals surface area (Å²) in [6.07, 6.45) is 5.53. The van der Waals surface area contributed by atoms with E-state index >= 15 is 0 Å². The van der Waals surface area contributed by atoms with Crippen molar-refractivity contribution in [3.63, 3.8) is 0 Å². The highest BCUT2D eigenvalue weighted by Gasteiger charge is 2.20. The molecule has 8 aromatic rings. The molecular formula is C40H26Cl4F2N9O2S+. The van der Waals surface area contributed by atoms with Crippen LogP contribution in [0.5, 0.6) is 0 Å². The molecule has 0 unspecified atom stereocenters. The van der Waals surface area contributed by atoms with Gasteiger partial charge in [0.25, 0.3) is 5.82 Å². The average Bonchev–Trinajstić information content (AvgIpc) is 3.19. The monoisotopic (exact) mass is 874 g/mol. The number of rotatable bonds is 10. The third kappa shape index (κ3) is 8.37. The van der Waals surface area contributed by atoms with Crippen molar-refractivity contribution >= 4 is 113 Å². The van der Waals surface area contributed by atoms with Gasteiger partial charge in [-0.25, -0.2) is 37.6 Å². The van der Waals surface area contributed by atoms with Gasteiger partial charge in [-0.3, -0.25) is 10.0 Å². The van der Waals surface area contributed by atoms with Crippen molar-refractivity contribution in [1.29, 1.82) is 0 Å². The Morgan fingerprint density at radius 3 is 1.90 bits per heavy atom. The van der Waals surface area contributed by atoms with E-state index < -0.39 is 21.7 Å². The van der Waals surface area contributed by atoms with E-state index in [0.717, 1.165) is 17.4 Å². The summed E-state index contributed by atoms with van der Waals surface area (Å²) in [7, 11) is -3.64. The maximum Gasteiger partial charge on any atom is 0.259 e. The first-order valence-corrected chi connectivity index (χ1v) is 20.4. The summed E-state index contributed by atoms with van der Waals surface area (Å²) in [5.74, 6) is -0.158. The second kappa shape index (κ2) is 15.8. The lowest BCUT2D eigenvalue weighted by molar-refractivity contribution is -0.629. The summed E-state index contributed by atoms with van der Waals surface area (Å²) in [5, 5.41) is 8.11. The van der Waals surface area contributed by atoms with E-state index in [2.05, 4.69) is 40.7 Å². The molecule has 0 aliphatic rings. The van der Waals surface area contributed by atoms with Gasteiger partial charge < -0.3 is 5.32 Å². The molecule has 3 heterocycles. The Morgan fingerprint density at radius 2 is 1.21 bits per heavy atom. The normalized spacial score (nSPS) is 11.5. The van der Waals surface area contributed by atoms with E-state index in [1.807, 2.05) is 42.5 Å². The minimum absolute atomic E-state index is 0.0159. The van der Waals surface area contributed by atoms with Gasteiger partial charge in [0.2, 0.25) is 16.4 Å². The summed E-state index contributed by atoms with van der Waals surface area (Å²) < 4.78 is 56.1. The fraction of sp³-hybridized carbons (Fsp3) is 0.0250. The van der Waals surface area contributed by atoms with Crippen LogP contribution in [0, 0.1) is 11.6 Å². The summed E-state index contributed by atoms with van der Waals surface area (Å²) >= 11 is 25.2. The maximum absolute atomic E-state index is 14.2. The van der Waals surface area contributed by atoms with Gasteiger partial charge in [-0.2, -0.15) is 0 Å². The fourth-order valence-corrected chi connectivity index (χ4v) is 7.37. The van der Waals surface area contributed by atoms with Crippen molar-refractivity contribution in [2.75, 3.05) is 27.0 Å². The number of fused-ring (bicyclic) bond motifs is 2. The van der Waals surface area contributed by atoms with Gasteiger partial charge >= 0.3 is 0 Å². The maximum atomic E-state index is 14.2. The van der Waals surface area contributed by atoms with Crippen LogP contribution >= 0.6 is 46.4 Å². The van der Waals surface area contributed by atoms with Crippen LogP contribution in [-0.4, -0.2) is 34.6 Å². The first-order chi connectivity index (χ1) is 27.8. The van der Waals surface area contributed by atoms with E-state index in [4.69, 9.17) is 46.4 Å². The van der Waals surface area contributed by atoms with E-state index in [1.165, 1.54) is 36.8 Å². The van der Waals surface area contributed by atoms with Crippen LogP contribution < -0.4 is 25.5 Å². The Labute approximate surface area is 349 Å². The number of benzene rings is 5. The number of sulfonamides is 1. The SMILES string of the molecule is CS(=O)(=O)Nc1cc(-c2ccc3nc[n+](Nc4cc(-c5ccc6ncnc(Nc7ccc(F)c(Cl)c7)c6c5)ccc4Cl)c(Nc4ccc(F)c(Cl)c4)c3c2)cnc1Cl. The molecule has 0 bridgehead atoms. The van der Waals surface area contributed by atoms with Gasteiger partial charge in [-0.05, 0) is 95.6 Å². The molecule has 0 radical (unpaired) electrons. The molecule has 0 saturated carbocycles. The largest absolute Gasteiger partial charge is 0.340 e. The standard InChI is InChI=1S/C40H25Cl4F2N9O2S/c1-58(56,57)54-37-15-24(18-47-38(37)44)22-4-11-35-28(13-22)40(52-26-6-9-33(46)31(43)17-26)55(20-50-35)53-36-14-23(2-7-29(36)41)21-3-10-34-27(12-21)39(49-19-48-34)51-25-5-8-32(45)30(42)16-25/h2-20,53-54H,1H3,(H,48,49,51)/p+1. The van der Waals surface area contributed by atoms with Crippen LogP contribution in [0.15, 0.2) is 116 Å². The lowest BCUT2D eigenvalue weighted by Gasteiger charge is -2.15. The number of halogens is 6. The molecule has 0 aliphatic heterocycles. The Morgan fingerprint density at radius 1 is 0.603 bits per heavy atom. The first kappa shape index (κ1) is 38.9. The number of hydrogen-bond acceptors (Lipinski definition) is 9. The Kier molecular flexibility index (Phi) is 10.6. The molecule has 4 N–H and O–H groups in total. The van der Waals surface area contributed by atoms with Crippen molar-refractivity contribution in [2.45, 2.75) is 0 Å². The van der Waals surface area contributed by atoms with Gasteiger partial charge in [0.15, 0.2) is 10.7 Å². The molecule has 3 aromatic heterocycles. The number of nitrogens with zero attached hydrogens (tertiary/aromatic N) is 5. The zero-order chi connectivity index (χ0) is 40.7. The van der Waals surface area contributed by atoms with E-state index in [0.29, 0.717) is 66.7 Å². The molecule has 18 heteroatoms. The Balaban J connectivity index is 1.20. The number of anilines is 6. The minimum atomic E-state index is -3.64. The molecule has 8 rings (SSSR count). The molecule has 0 atom stereocenters. The number of nitrogens with one attached hydrogen (secondary N) is 4. The fourth-order valence-electron chi connectivity index (χ4n) is 6.09. The van der Waals surface area contributed by atoms with E-state index in [1.54, 1.807) is 41.3 Å². The quantitative estimate of drug-likeness (QED) is 0.0781. The molecule has 0 aliphatic carbocycles.